The highest BCUT2D eigenvalue weighted by Gasteiger charge is 2.37. The highest BCUT2D eigenvalue weighted by molar-refractivity contribution is 8.00. The fourth-order valence-corrected chi connectivity index (χ4v) is 2.79. The van der Waals surface area contributed by atoms with Crippen LogP contribution in [0.3, 0.4) is 0 Å². The highest BCUT2D eigenvalue weighted by Crippen LogP contribution is 2.19. The molecular weight excluding hydrogens is 399 g/mol. The van der Waals surface area contributed by atoms with Crippen LogP contribution in [-0.2, 0) is 4.79 Å². The van der Waals surface area contributed by atoms with Crippen molar-refractivity contribution in [2.24, 2.45) is 5.73 Å². The fourth-order valence-electron chi connectivity index (χ4n) is 1.79. The first-order valence-corrected chi connectivity index (χ1v) is 9.01. The van der Waals surface area contributed by atoms with Crippen molar-refractivity contribution in [2.75, 3.05) is 18.1 Å². The van der Waals surface area contributed by atoms with Crippen molar-refractivity contribution in [3.63, 3.8) is 0 Å². The summed E-state index contributed by atoms with van der Waals surface area (Å²) in [4.78, 5) is 10.9. The summed E-state index contributed by atoms with van der Waals surface area (Å²) in [6, 6.07) is -2.11. The first-order chi connectivity index (χ1) is 12.3. The molecule has 10 N–H and O–H groups in total. The monoisotopic (exact) mass is 425 g/mol. The van der Waals surface area contributed by atoms with E-state index in [0.717, 1.165) is 0 Å². The summed E-state index contributed by atoms with van der Waals surface area (Å²) in [7, 11) is 0. The van der Waals surface area contributed by atoms with E-state index < -0.39 is 61.4 Å². The minimum absolute atomic E-state index is 0.0167. The van der Waals surface area contributed by atoms with E-state index in [1.807, 2.05) is 0 Å². The van der Waals surface area contributed by atoms with Crippen LogP contribution in [0.4, 0.5) is 13.2 Å². The summed E-state index contributed by atoms with van der Waals surface area (Å²) < 4.78 is 36.6. The molecule has 162 valence electrons. The first-order valence-electron chi connectivity index (χ1n) is 7.85. The molecule has 0 saturated heterocycles. The van der Waals surface area contributed by atoms with E-state index >= 15 is 0 Å². The molecule has 14 heteroatoms. The minimum Gasteiger partial charge on any atom is -0.379 e. The van der Waals surface area contributed by atoms with Crippen LogP contribution in [0.2, 0.25) is 0 Å². The van der Waals surface area contributed by atoms with Crippen molar-refractivity contribution in [3.05, 3.63) is 0 Å². The molecule has 0 aromatic carbocycles. The van der Waals surface area contributed by atoms with Gasteiger partial charge in [-0.3, -0.25) is 15.4 Å². The predicted molar refractivity (Wildman–Crippen MR) is 89.0 cm³/mol. The Hall–Kier alpha value is -0.550. The van der Waals surface area contributed by atoms with Gasteiger partial charge in [0.05, 0.1) is 17.8 Å². The molecule has 0 aliphatic heterocycles. The summed E-state index contributed by atoms with van der Waals surface area (Å²) in [5.41, 5.74) is 5.39. The Balaban J connectivity index is 4.65. The van der Waals surface area contributed by atoms with Gasteiger partial charge < -0.3 is 36.4 Å². The van der Waals surface area contributed by atoms with E-state index in [1.54, 1.807) is 0 Å². The zero-order chi connectivity index (χ0) is 21.2. The number of ketones is 1. The molecule has 27 heavy (non-hydrogen) atoms. The second kappa shape index (κ2) is 12.8. The number of alkyl halides is 3. The smallest absolute Gasteiger partial charge is 0.379 e. The number of Topliss-reactive ketones (excluding diaryl/α,β-unsaturated/α-hetero) is 1. The molecule has 0 aliphatic carbocycles. The number of rotatable bonds is 14. The minimum atomic E-state index is -4.98. The van der Waals surface area contributed by atoms with Crippen molar-refractivity contribution in [1.82, 2.24) is 10.6 Å². The molecule has 4 atom stereocenters. The molecule has 0 rings (SSSR count). The quantitative estimate of drug-likeness (QED) is 0.127. The average molecular weight is 425 g/mol. The summed E-state index contributed by atoms with van der Waals surface area (Å²) in [6.45, 7) is -0.455. The SMILES string of the molecule is NC(CCC(O)NC(CSCC(=O)C(F)(F)F)C(O)NCC(O)O)C(O)O. The van der Waals surface area contributed by atoms with Crippen molar-refractivity contribution in [2.45, 2.75) is 56.1 Å². The van der Waals surface area contributed by atoms with E-state index in [0.29, 0.717) is 11.8 Å². The van der Waals surface area contributed by atoms with Gasteiger partial charge in [-0.05, 0) is 12.8 Å². The lowest BCUT2D eigenvalue weighted by molar-refractivity contribution is -0.167. The predicted octanol–water partition coefficient (Wildman–Crippen LogP) is -3.24. The second-order valence-electron chi connectivity index (χ2n) is 5.71. The first kappa shape index (κ1) is 26.4. The Morgan fingerprint density at radius 1 is 1.07 bits per heavy atom. The Labute approximate surface area is 157 Å². The van der Waals surface area contributed by atoms with Gasteiger partial charge >= 0.3 is 6.18 Å². The Morgan fingerprint density at radius 2 is 1.67 bits per heavy atom. The molecule has 0 spiro atoms. The lowest BCUT2D eigenvalue weighted by atomic mass is 10.1. The number of hydrogen-bond acceptors (Lipinski definition) is 11. The number of hydrogen-bond donors (Lipinski definition) is 9. The van der Waals surface area contributed by atoms with E-state index in [-0.39, 0.29) is 18.6 Å². The summed E-state index contributed by atoms with van der Waals surface area (Å²) >= 11 is 0.557. The van der Waals surface area contributed by atoms with Crippen LogP contribution >= 0.6 is 11.8 Å². The number of halogens is 3. The maximum atomic E-state index is 12.2. The number of thioether (sulfide) groups is 1. The molecule has 10 nitrogen and oxygen atoms in total. The van der Waals surface area contributed by atoms with E-state index in [1.165, 1.54) is 0 Å². The molecule has 0 aromatic rings. The van der Waals surface area contributed by atoms with Crippen molar-refractivity contribution in [1.29, 1.82) is 0 Å². The maximum Gasteiger partial charge on any atom is 0.450 e. The Kier molecular flexibility index (Phi) is 12.6. The van der Waals surface area contributed by atoms with Crippen molar-refractivity contribution >= 4 is 17.5 Å². The number of nitrogens with one attached hydrogen (secondary N) is 2. The second-order valence-corrected chi connectivity index (χ2v) is 6.74. The molecule has 0 heterocycles. The third-order valence-electron chi connectivity index (χ3n) is 3.30. The van der Waals surface area contributed by atoms with Gasteiger partial charge in [0, 0.05) is 12.3 Å². The van der Waals surface area contributed by atoms with Gasteiger partial charge in [-0.2, -0.15) is 24.9 Å². The lowest BCUT2D eigenvalue weighted by Gasteiger charge is -2.28. The van der Waals surface area contributed by atoms with E-state index in [4.69, 9.17) is 26.2 Å². The van der Waals surface area contributed by atoms with Gasteiger partial charge in [-0.1, -0.05) is 0 Å². The molecule has 0 saturated carbocycles. The average Bonchev–Trinajstić information content (AvgIpc) is 2.55. The number of carbonyl (C=O) groups is 1. The number of carbonyl (C=O) groups excluding carboxylic acids is 1. The van der Waals surface area contributed by atoms with Gasteiger partial charge in [0.1, 0.15) is 12.5 Å². The largest absolute Gasteiger partial charge is 0.450 e. The summed E-state index contributed by atoms with van der Waals surface area (Å²) in [5.74, 6) is -3.08. The van der Waals surface area contributed by atoms with Crippen LogP contribution in [0.15, 0.2) is 0 Å². The van der Waals surface area contributed by atoms with Crippen LogP contribution in [0.25, 0.3) is 0 Å². The van der Waals surface area contributed by atoms with Crippen molar-refractivity contribution in [3.8, 4) is 0 Å². The topological polar surface area (TPSA) is 189 Å². The van der Waals surface area contributed by atoms with Crippen LogP contribution < -0.4 is 16.4 Å². The van der Waals surface area contributed by atoms with Gasteiger partial charge in [0.15, 0.2) is 12.6 Å². The van der Waals surface area contributed by atoms with E-state index in [9.17, 15) is 28.2 Å². The van der Waals surface area contributed by atoms with Crippen molar-refractivity contribution < 1.29 is 48.6 Å². The normalized spacial score (nSPS) is 17.2. The molecule has 0 radical (unpaired) electrons. The maximum absolute atomic E-state index is 12.2. The van der Waals surface area contributed by atoms with Gasteiger partial charge in [-0.25, -0.2) is 0 Å². The molecule has 0 fully saturated rings. The van der Waals surface area contributed by atoms with Crippen LogP contribution in [0.1, 0.15) is 12.8 Å². The molecular formula is C13H26F3N3O7S. The number of aliphatic hydroxyl groups excluding tert-OH is 4. The van der Waals surface area contributed by atoms with Crippen LogP contribution in [0, 0.1) is 0 Å². The Morgan fingerprint density at radius 3 is 2.15 bits per heavy atom. The van der Waals surface area contributed by atoms with Gasteiger partial charge in [0.2, 0.25) is 5.78 Å². The number of aliphatic hydroxyl groups is 6. The zero-order valence-corrected chi connectivity index (χ0v) is 15.0. The van der Waals surface area contributed by atoms with Gasteiger partial charge in [-0.15, -0.1) is 0 Å². The summed E-state index contributed by atoms with van der Waals surface area (Å²) in [5, 5.41) is 59.9. The highest BCUT2D eigenvalue weighted by atomic mass is 32.2. The third kappa shape index (κ3) is 12.5. The fraction of sp³-hybridized carbons (Fsp3) is 0.923. The number of nitrogens with two attached hydrogens (primary N) is 1. The van der Waals surface area contributed by atoms with Crippen LogP contribution in [0.5, 0.6) is 0 Å². The molecule has 0 aliphatic rings. The third-order valence-corrected chi connectivity index (χ3v) is 4.36. The standard InChI is InChI=1S/C13H26F3N3O7S/c14-13(15,16)8(20)5-27-4-7(11(24)18-3-10(22)23)19-9(21)2-1-6(17)12(25)26/h6-7,9-12,18-19,21-26H,1-5,17H2. The molecule has 0 aromatic heterocycles. The van der Waals surface area contributed by atoms with Crippen LogP contribution in [-0.4, -0.2) is 97.8 Å². The lowest BCUT2D eigenvalue weighted by Crippen LogP contribution is -2.54. The van der Waals surface area contributed by atoms with E-state index in [2.05, 4.69) is 10.6 Å². The zero-order valence-electron chi connectivity index (χ0n) is 14.2. The summed E-state index contributed by atoms with van der Waals surface area (Å²) in [6.07, 6.45) is -11.5. The Bertz CT molecular complexity index is 432. The molecule has 4 unspecified atom stereocenters. The molecule has 0 bridgehead atoms. The van der Waals surface area contributed by atoms with Gasteiger partial charge in [0.25, 0.3) is 0 Å². The molecule has 0 amide bonds.